The normalized spacial score (nSPS) is 25.7. The minimum atomic E-state index is -0.454. The van der Waals surface area contributed by atoms with Crippen LogP contribution in [0.1, 0.15) is 19.1 Å². The van der Waals surface area contributed by atoms with Gasteiger partial charge >= 0.3 is 5.69 Å². The molecule has 0 aromatic carbocycles. The van der Waals surface area contributed by atoms with Crippen LogP contribution in [-0.4, -0.2) is 23.0 Å². The number of hydrogen-bond donors (Lipinski definition) is 1. The maximum Gasteiger partial charge on any atom is 0.330 e. The largest absolute Gasteiger partial charge is 0.356 e. The first-order valence-corrected chi connectivity index (χ1v) is 4.70. The lowest BCUT2D eigenvalue weighted by atomic mass is 10.3. The molecule has 2 heterocycles. The van der Waals surface area contributed by atoms with Gasteiger partial charge in [0.05, 0.1) is 0 Å². The highest BCUT2D eigenvalue weighted by Gasteiger charge is 2.26. The lowest BCUT2D eigenvalue weighted by molar-refractivity contribution is -0.134. The van der Waals surface area contributed by atoms with E-state index in [4.69, 9.17) is 9.47 Å². The molecule has 6 nitrogen and oxygen atoms in total. The monoisotopic (exact) mass is 212 g/mol. The van der Waals surface area contributed by atoms with E-state index < -0.39 is 11.2 Å². The Balaban J connectivity index is 2.24. The summed E-state index contributed by atoms with van der Waals surface area (Å²) in [5.41, 5.74) is -0.859. The first kappa shape index (κ1) is 10.1. The Morgan fingerprint density at radius 3 is 2.93 bits per heavy atom. The fourth-order valence-corrected chi connectivity index (χ4v) is 1.62. The van der Waals surface area contributed by atoms with E-state index in [1.807, 2.05) is 0 Å². The molecule has 0 bridgehead atoms. The number of nitrogens with one attached hydrogen (secondary N) is 1. The highest BCUT2D eigenvalue weighted by Crippen LogP contribution is 2.26. The molecule has 1 fully saturated rings. The van der Waals surface area contributed by atoms with Crippen molar-refractivity contribution in [3.05, 3.63) is 33.1 Å². The molecule has 15 heavy (non-hydrogen) atoms. The maximum absolute atomic E-state index is 11.4. The second kappa shape index (κ2) is 4.00. The maximum atomic E-state index is 11.4. The zero-order valence-corrected chi connectivity index (χ0v) is 8.30. The van der Waals surface area contributed by atoms with Crippen molar-refractivity contribution in [2.24, 2.45) is 0 Å². The molecule has 0 saturated carbocycles. The Hall–Kier alpha value is -1.40. The molecule has 0 aliphatic carbocycles. The number of aromatic amines is 1. The summed E-state index contributed by atoms with van der Waals surface area (Å²) < 4.78 is 11.8. The van der Waals surface area contributed by atoms with Crippen LogP contribution in [0.5, 0.6) is 0 Å². The highest BCUT2D eigenvalue weighted by atomic mass is 16.7. The summed E-state index contributed by atoms with van der Waals surface area (Å²) in [7, 11) is 1.56. The smallest absolute Gasteiger partial charge is 0.330 e. The molecule has 0 unspecified atom stereocenters. The molecule has 1 N–H and O–H groups in total. The summed E-state index contributed by atoms with van der Waals surface area (Å²) >= 11 is 0. The van der Waals surface area contributed by atoms with Crippen molar-refractivity contribution in [3.63, 3.8) is 0 Å². The lowest BCUT2D eigenvalue weighted by Crippen LogP contribution is -2.31. The van der Waals surface area contributed by atoms with E-state index in [1.54, 1.807) is 7.11 Å². The first-order valence-electron chi connectivity index (χ1n) is 4.70. The third-order valence-corrected chi connectivity index (χ3v) is 2.38. The molecule has 2 atom stereocenters. The lowest BCUT2D eigenvalue weighted by Gasteiger charge is -2.13. The predicted molar refractivity (Wildman–Crippen MR) is 51.5 cm³/mol. The van der Waals surface area contributed by atoms with E-state index in [1.165, 1.54) is 16.8 Å². The van der Waals surface area contributed by atoms with Gasteiger partial charge in [0, 0.05) is 25.8 Å². The summed E-state index contributed by atoms with van der Waals surface area (Å²) in [6.07, 6.45) is 2.26. The quantitative estimate of drug-likeness (QED) is 0.738. The van der Waals surface area contributed by atoms with Crippen LogP contribution in [0.3, 0.4) is 0 Å². The first-order chi connectivity index (χ1) is 7.20. The van der Waals surface area contributed by atoms with Crippen LogP contribution in [0.15, 0.2) is 21.9 Å². The molecule has 0 spiro atoms. The summed E-state index contributed by atoms with van der Waals surface area (Å²) in [6, 6.07) is 1.30. The minimum absolute atomic E-state index is 0.270. The van der Waals surface area contributed by atoms with Gasteiger partial charge in [0.2, 0.25) is 0 Å². The number of ether oxygens (including phenoxy) is 2. The molecule has 0 radical (unpaired) electrons. The van der Waals surface area contributed by atoms with Crippen LogP contribution in [-0.2, 0) is 9.47 Å². The van der Waals surface area contributed by atoms with Crippen LogP contribution in [0.4, 0.5) is 0 Å². The van der Waals surface area contributed by atoms with Crippen molar-refractivity contribution >= 4 is 0 Å². The topological polar surface area (TPSA) is 73.3 Å². The summed E-state index contributed by atoms with van der Waals surface area (Å²) in [5, 5.41) is 0. The highest BCUT2D eigenvalue weighted by molar-refractivity contribution is 4.85. The van der Waals surface area contributed by atoms with E-state index in [0.717, 1.165) is 6.42 Å². The van der Waals surface area contributed by atoms with Crippen LogP contribution in [0.25, 0.3) is 0 Å². The van der Waals surface area contributed by atoms with Gasteiger partial charge in [-0.2, -0.15) is 0 Å². The number of hydrogen-bond acceptors (Lipinski definition) is 4. The van der Waals surface area contributed by atoms with Crippen molar-refractivity contribution in [2.45, 2.75) is 25.4 Å². The van der Waals surface area contributed by atoms with Crippen molar-refractivity contribution in [3.8, 4) is 0 Å². The molecule has 6 heteroatoms. The van der Waals surface area contributed by atoms with Crippen molar-refractivity contribution in [2.75, 3.05) is 7.11 Å². The van der Waals surface area contributed by atoms with Crippen LogP contribution < -0.4 is 11.2 Å². The van der Waals surface area contributed by atoms with Crippen molar-refractivity contribution in [1.29, 1.82) is 0 Å². The Morgan fingerprint density at radius 2 is 2.33 bits per heavy atom. The number of H-pyrrole nitrogens is 1. The molecule has 1 aliphatic rings. The molecule has 0 amide bonds. The summed E-state index contributed by atoms with van der Waals surface area (Å²) in [4.78, 5) is 24.4. The number of aromatic nitrogens is 2. The Morgan fingerprint density at radius 1 is 1.53 bits per heavy atom. The van der Waals surface area contributed by atoms with Gasteiger partial charge in [0.1, 0.15) is 6.23 Å². The second-order valence-electron chi connectivity index (χ2n) is 3.35. The zero-order valence-electron chi connectivity index (χ0n) is 8.30. The SMILES string of the molecule is CO[C@@H]1CC[C@H](n2ccc(=O)[nH]c2=O)O1. The van der Waals surface area contributed by atoms with Gasteiger partial charge in [-0.05, 0) is 6.42 Å². The zero-order chi connectivity index (χ0) is 10.8. The Bertz CT molecular complexity index is 450. The number of nitrogens with zero attached hydrogens (tertiary/aromatic N) is 1. The van der Waals surface area contributed by atoms with Gasteiger partial charge in [0.25, 0.3) is 5.56 Å². The number of rotatable bonds is 2. The average Bonchev–Trinajstić information content (AvgIpc) is 2.66. The van der Waals surface area contributed by atoms with Gasteiger partial charge in [-0.15, -0.1) is 0 Å². The fourth-order valence-electron chi connectivity index (χ4n) is 1.62. The third-order valence-electron chi connectivity index (χ3n) is 2.38. The second-order valence-corrected chi connectivity index (χ2v) is 3.35. The van der Waals surface area contributed by atoms with Gasteiger partial charge in [-0.3, -0.25) is 14.3 Å². The van der Waals surface area contributed by atoms with Gasteiger partial charge in [0.15, 0.2) is 6.29 Å². The van der Waals surface area contributed by atoms with Gasteiger partial charge in [-0.1, -0.05) is 0 Å². The molecular weight excluding hydrogens is 200 g/mol. The van der Waals surface area contributed by atoms with E-state index in [-0.39, 0.29) is 12.5 Å². The third kappa shape index (κ3) is 2.00. The molecule has 1 aliphatic heterocycles. The standard InChI is InChI=1S/C9H12N2O4/c1-14-8-3-2-7(15-8)11-5-4-6(12)10-9(11)13/h4-5,7-8H,2-3H2,1H3,(H,10,12,13)/t7-,8+/m1/s1. The van der Waals surface area contributed by atoms with Gasteiger partial charge < -0.3 is 9.47 Å². The van der Waals surface area contributed by atoms with E-state index in [9.17, 15) is 9.59 Å². The Labute approximate surface area is 85.4 Å². The van der Waals surface area contributed by atoms with Crippen LogP contribution in [0.2, 0.25) is 0 Å². The molecule has 2 rings (SSSR count). The summed E-state index contributed by atoms with van der Waals surface area (Å²) in [5.74, 6) is 0. The number of methoxy groups -OCH3 is 1. The van der Waals surface area contributed by atoms with Crippen LogP contribution in [0, 0.1) is 0 Å². The van der Waals surface area contributed by atoms with E-state index in [2.05, 4.69) is 4.98 Å². The van der Waals surface area contributed by atoms with E-state index >= 15 is 0 Å². The molecule has 1 saturated heterocycles. The van der Waals surface area contributed by atoms with E-state index in [0.29, 0.717) is 6.42 Å². The van der Waals surface area contributed by atoms with Crippen LogP contribution >= 0.6 is 0 Å². The fraction of sp³-hybridized carbons (Fsp3) is 0.556. The average molecular weight is 212 g/mol. The molecule has 82 valence electrons. The summed E-state index contributed by atoms with van der Waals surface area (Å²) in [6.45, 7) is 0. The minimum Gasteiger partial charge on any atom is -0.356 e. The molecule has 1 aromatic rings. The molecular formula is C9H12N2O4. The van der Waals surface area contributed by atoms with Crippen molar-refractivity contribution < 1.29 is 9.47 Å². The van der Waals surface area contributed by atoms with Gasteiger partial charge in [-0.25, -0.2) is 4.79 Å². The predicted octanol–water partition coefficient (Wildman–Crippen LogP) is -0.182. The Kier molecular flexibility index (Phi) is 2.70. The van der Waals surface area contributed by atoms with Crippen molar-refractivity contribution in [1.82, 2.24) is 9.55 Å². The molecule has 1 aromatic heterocycles.